The van der Waals surface area contributed by atoms with Crippen molar-refractivity contribution in [1.29, 1.82) is 0 Å². The van der Waals surface area contributed by atoms with Gasteiger partial charge in [0.25, 0.3) is 5.91 Å². The van der Waals surface area contributed by atoms with Crippen molar-refractivity contribution >= 4 is 23.0 Å². The lowest BCUT2D eigenvalue weighted by Gasteiger charge is -2.15. The maximum atomic E-state index is 13.2. The molecule has 0 bridgehead atoms. The van der Waals surface area contributed by atoms with E-state index in [2.05, 4.69) is 10.1 Å². The van der Waals surface area contributed by atoms with E-state index in [-0.39, 0.29) is 5.91 Å². The third-order valence-corrected chi connectivity index (χ3v) is 4.61. The van der Waals surface area contributed by atoms with Gasteiger partial charge in [-0.25, -0.2) is 0 Å². The molecule has 6 nitrogen and oxygen atoms in total. The number of carbonyl (C=O) groups excluding carboxylic acids is 1. The molecule has 0 spiro atoms. The van der Waals surface area contributed by atoms with Gasteiger partial charge >= 0.3 is 0 Å². The molecule has 0 radical (unpaired) electrons. The van der Waals surface area contributed by atoms with E-state index in [1.165, 1.54) is 5.01 Å². The first-order chi connectivity index (χ1) is 13.7. The second kappa shape index (κ2) is 9.28. The first-order valence-electron chi connectivity index (χ1n) is 9.27. The highest BCUT2D eigenvalue weighted by Crippen LogP contribution is 2.29. The highest BCUT2D eigenvalue weighted by Gasteiger charge is 2.39. The van der Waals surface area contributed by atoms with Crippen molar-refractivity contribution in [2.45, 2.75) is 13.3 Å². The summed E-state index contributed by atoms with van der Waals surface area (Å²) in [6.07, 6.45) is 0.814. The molecule has 1 atom stereocenters. The Labute approximate surface area is 165 Å². The van der Waals surface area contributed by atoms with Crippen LogP contribution in [0.15, 0.2) is 64.7 Å². The molecular weight excluding hydrogens is 354 g/mol. The molecule has 28 heavy (non-hydrogen) atoms. The minimum atomic E-state index is -0.493. The van der Waals surface area contributed by atoms with Gasteiger partial charge in [-0.05, 0) is 43.2 Å². The number of amides is 1. The largest absolute Gasteiger partial charge is 0.497 e. The van der Waals surface area contributed by atoms with Crippen molar-refractivity contribution in [3.8, 4) is 5.75 Å². The molecule has 1 aliphatic heterocycles. The molecule has 0 N–H and O–H groups in total. The highest BCUT2D eigenvalue weighted by atomic mass is 16.5. The number of hydrazone groups is 1. The Balaban J connectivity index is 1.93. The average molecular weight is 379 g/mol. The Bertz CT molecular complexity index is 860. The second-order valence-electron chi connectivity index (χ2n) is 6.50. The van der Waals surface area contributed by atoms with Crippen molar-refractivity contribution in [1.82, 2.24) is 0 Å². The zero-order valence-corrected chi connectivity index (χ0v) is 16.5. The predicted octanol–water partition coefficient (Wildman–Crippen LogP) is 3.56. The van der Waals surface area contributed by atoms with Crippen LogP contribution in [0.3, 0.4) is 0 Å². The molecular formula is C22H25N3O3. The SMILES string of the molecule is COCCCN=C(C)C1C(=O)N(c2ccc(OC)cc2)N=C1c1ccccc1. The van der Waals surface area contributed by atoms with Crippen molar-refractivity contribution in [3.63, 3.8) is 0 Å². The third kappa shape index (κ3) is 4.28. The van der Waals surface area contributed by atoms with Gasteiger partial charge in [0.05, 0.1) is 18.5 Å². The molecule has 1 heterocycles. The van der Waals surface area contributed by atoms with Crippen LogP contribution < -0.4 is 9.75 Å². The Kier molecular flexibility index (Phi) is 6.55. The molecule has 0 saturated heterocycles. The van der Waals surface area contributed by atoms with Crippen LogP contribution in [0.25, 0.3) is 0 Å². The molecule has 2 aromatic carbocycles. The molecule has 3 rings (SSSR count). The van der Waals surface area contributed by atoms with Crippen LogP contribution in [0.2, 0.25) is 0 Å². The van der Waals surface area contributed by atoms with Gasteiger partial charge in [-0.3, -0.25) is 9.79 Å². The van der Waals surface area contributed by atoms with Gasteiger partial charge in [0, 0.05) is 26.0 Å². The summed E-state index contributed by atoms with van der Waals surface area (Å²) < 4.78 is 10.3. The summed E-state index contributed by atoms with van der Waals surface area (Å²) in [6, 6.07) is 17.1. The molecule has 6 heteroatoms. The number of ether oxygens (including phenoxy) is 2. The van der Waals surface area contributed by atoms with Crippen molar-refractivity contribution in [3.05, 3.63) is 60.2 Å². The van der Waals surface area contributed by atoms with Crippen molar-refractivity contribution < 1.29 is 14.3 Å². The van der Waals surface area contributed by atoms with E-state index >= 15 is 0 Å². The minimum Gasteiger partial charge on any atom is -0.497 e. The van der Waals surface area contributed by atoms with Crippen LogP contribution in [-0.2, 0) is 9.53 Å². The monoisotopic (exact) mass is 379 g/mol. The van der Waals surface area contributed by atoms with Gasteiger partial charge in [0.1, 0.15) is 11.7 Å². The van der Waals surface area contributed by atoms with Crippen LogP contribution in [0.4, 0.5) is 5.69 Å². The number of carbonyl (C=O) groups is 1. The zero-order chi connectivity index (χ0) is 19.9. The summed E-state index contributed by atoms with van der Waals surface area (Å²) in [7, 11) is 3.28. The third-order valence-electron chi connectivity index (χ3n) is 4.61. The first-order valence-corrected chi connectivity index (χ1v) is 9.27. The number of hydrogen-bond acceptors (Lipinski definition) is 5. The number of rotatable bonds is 8. The maximum absolute atomic E-state index is 13.2. The van der Waals surface area contributed by atoms with Crippen LogP contribution in [0.5, 0.6) is 5.75 Å². The number of methoxy groups -OCH3 is 2. The maximum Gasteiger partial charge on any atom is 0.262 e. The number of benzene rings is 2. The fourth-order valence-electron chi connectivity index (χ4n) is 3.13. The minimum absolute atomic E-state index is 0.1000. The normalized spacial score (nSPS) is 17.0. The lowest BCUT2D eigenvalue weighted by molar-refractivity contribution is -0.118. The van der Waals surface area contributed by atoms with Gasteiger partial charge < -0.3 is 9.47 Å². The van der Waals surface area contributed by atoms with Crippen molar-refractivity contribution in [2.75, 3.05) is 32.4 Å². The predicted molar refractivity (Wildman–Crippen MR) is 111 cm³/mol. The fraction of sp³-hybridized carbons (Fsp3) is 0.318. The lowest BCUT2D eigenvalue weighted by atomic mass is 9.93. The number of nitrogens with zero attached hydrogens (tertiary/aromatic N) is 3. The molecule has 1 amide bonds. The Morgan fingerprint density at radius 1 is 1.11 bits per heavy atom. The summed E-state index contributed by atoms with van der Waals surface area (Å²) in [5.41, 5.74) is 3.10. The smallest absolute Gasteiger partial charge is 0.262 e. The van der Waals surface area contributed by atoms with Crippen LogP contribution in [-0.4, -0.2) is 44.7 Å². The fourth-order valence-corrected chi connectivity index (χ4v) is 3.13. The van der Waals surface area contributed by atoms with Gasteiger partial charge in [0.2, 0.25) is 0 Å². The zero-order valence-electron chi connectivity index (χ0n) is 16.5. The Morgan fingerprint density at radius 3 is 2.46 bits per heavy atom. The van der Waals surface area contributed by atoms with Gasteiger partial charge in [-0.1, -0.05) is 30.3 Å². The van der Waals surface area contributed by atoms with Gasteiger partial charge in [-0.15, -0.1) is 0 Å². The van der Waals surface area contributed by atoms with Gasteiger partial charge in [0.15, 0.2) is 0 Å². The van der Waals surface area contributed by atoms with E-state index in [9.17, 15) is 4.79 Å². The summed E-state index contributed by atoms with van der Waals surface area (Å²) >= 11 is 0. The summed E-state index contributed by atoms with van der Waals surface area (Å²) in [5, 5.41) is 6.13. The van der Waals surface area contributed by atoms with Crippen LogP contribution in [0, 0.1) is 5.92 Å². The number of aliphatic imine (C=N–C) groups is 1. The topological polar surface area (TPSA) is 63.5 Å². The standard InChI is InChI=1S/C22H25N3O3/c1-16(23-14-7-15-27-2)20-21(17-8-5-4-6-9-17)24-25(22(20)26)18-10-12-19(28-3)13-11-18/h4-6,8-13,20H,7,14-15H2,1-3H3. The molecule has 1 unspecified atom stereocenters. The molecule has 0 fully saturated rings. The van der Waals surface area contributed by atoms with E-state index in [1.54, 1.807) is 14.2 Å². The highest BCUT2D eigenvalue weighted by molar-refractivity contribution is 6.32. The van der Waals surface area contributed by atoms with E-state index < -0.39 is 5.92 Å². The van der Waals surface area contributed by atoms with Crippen LogP contribution in [0.1, 0.15) is 18.9 Å². The number of hydrogen-bond donors (Lipinski definition) is 0. The second-order valence-corrected chi connectivity index (χ2v) is 6.50. The lowest BCUT2D eigenvalue weighted by Crippen LogP contribution is -2.32. The van der Waals surface area contributed by atoms with Crippen LogP contribution >= 0.6 is 0 Å². The Morgan fingerprint density at radius 2 is 1.82 bits per heavy atom. The summed E-state index contributed by atoms with van der Waals surface area (Å²) in [5.74, 6) is 0.138. The van der Waals surface area contributed by atoms with Crippen molar-refractivity contribution in [2.24, 2.45) is 16.0 Å². The first kappa shape index (κ1) is 19.8. The molecule has 2 aromatic rings. The van der Waals surface area contributed by atoms with E-state index in [0.717, 1.165) is 29.2 Å². The quantitative estimate of drug-likeness (QED) is 0.520. The van der Waals surface area contributed by atoms with E-state index in [0.29, 0.717) is 18.8 Å². The molecule has 0 aromatic heterocycles. The molecule has 0 saturated carbocycles. The summed E-state index contributed by atoms with van der Waals surface area (Å²) in [4.78, 5) is 17.9. The molecule has 0 aliphatic carbocycles. The van der Waals surface area contributed by atoms with E-state index in [4.69, 9.17) is 9.47 Å². The molecule has 1 aliphatic rings. The number of anilines is 1. The average Bonchev–Trinajstić information content (AvgIpc) is 3.09. The molecule has 146 valence electrons. The van der Waals surface area contributed by atoms with Gasteiger partial charge in [-0.2, -0.15) is 10.1 Å². The summed E-state index contributed by atoms with van der Waals surface area (Å²) in [6.45, 7) is 3.16. The van der Waals surface area contributed by atoms with E-state index in [1.807, 2.05) is 61.5 Å². The Hall–Kier alpha value is -2.99.